The van der Waals surface area contributed by atoms with Gasteiger partial charge in [0.2, 0.25) is 5.91 Å². The van der Waals surface area contributed by atoms with Gasteiger partial charge >= 0.3 is 0 Å². The van der Waals surface area contributed by atoms with E-state index in [9.17, 15) is 9.59 Å². The zero-order valence-electron chi connectivity index (χ0n) is 16.7. The summed E-state index contributed by atoms with van der Waals surface area (Å²) < 4.78 is 5.14. The van der Waals surface area contributed by atoms with Gasteiger partial charge in [-0.2, -0.15) is 0 Å². The molecule has 0 radical (unpaired) electrons. The van der Waals surface area contributed by atoms with E-state index in [2.05, 4.69) is 31.4 Å². The Morgan fingerprint density at radius 1 is 0.862 bits per heavy atom. The quantitative estimate of drug-likeness (QED) is 0.569. The highest BCUT2D eigenvalue weighted by Crippen LogP contribution is 2.22. The van der Waals surface area contributed by atoms with Crippen LogP contribution in [0.15, 0.2) is 77.4 Å². The Bertz CT molecular complexity index is 994. The highest BCUT2D eigenvalue weighted by Gasteiger charge is 2.14. The molecule has 0 spiro atoms. The highest BCUT2D eigenvalue weighted by molar-refractivity contribution is 6.05. The molecule has 0 unspecified atom stereocenters. The summed E-state index contributed by atoms with van der Waals surface area (Å²) in [4.78, 5) is 24.4. The van der Waals surface area contributed by atoms with E-state index in [-0.39, 0.29) is 17.2 Å². The van der Waals surface area contributed by atoms with Crippen LogP contribution < -0.4 is 10.6 Å². The molecule has 148 valence electrons. The predicted molar refractivity (Wildman–Crippen MR) is 116 cm³/mol. The lowest BCUT2D eigenvalue weighted by Gasteiger charge is -2.19. The fourth-order valence-electron chi connectivity index (χ4n) is 2.69. The molecular weight excluding hydrogens is 364 g/mol. The van der Waals surface area contributed by atoms with Gasteiger partial charge in [0.25, 0.3) is 5.91 Å². The van der Waals surface area contributed by atoms with Crippen molar-refractivity contribution in [3.63, 3.8) is 0 Å². The van der Waals surface area contributed by atoms with E-state index in [1.807, 2.05) is 24.3 Å². The summed E-state index contributed by atoms with van der Waals surface area (Å²) in [6, 6.07) is 18.1. The number of rotatable bonds is 5. The molecule has 0 fully saturated rings. The van der Waals surface area contributed by atoms with Crippen LogP contribution in [0.25, 0.3) is 6.08 Å². The number of carbonyl (C=O) groups is 2. The van der Waals surface area contributed by atoms with Gasteiger partial charge in [0.1, 0.15) is 5.76 Å². The van der Waals surface area contributed by atoms with Crippen LogP contribution in [-0.2, 0) is 10.2 Å². The minimum absolute atomic E-state index is 0.0441. The lowest BCUT2D eigenvalue weighted by Crippen LogP contribution is -2.14. The molecule has 0 bridgehead atoms. The van der Waals surface area contributed by atoms with E-state index in [4.69, 9.17) is 4.42 Å². The Morgan fingerprint density at radius 2 is 1.48 bits per heavy atom. The second-order valence-corrected chi connectivity index (χ2v) is 7.70. The standard InChI is InChI=1S/C24H24N2O3/c1-24(2,3)18-8-6-17(7-9-18)23(28)26-20-12-10-19(11-13-20)25-22(27)15-14-21-5-4-16-29-21/h4-16H,1-3H3,(H,25,27)(H,26,28)/b15-14+. The second kappa shape index (κ2) is 8.61. The third kappa shape index (κ3) is 5.69. The van der Waals surface area contributed by atoms with Gasteiger partial charge in [-0.25, -0.2) is 0 Å². The summed E-state index contributed by atoms with van der Waals surface area (Å²) in [5, 5.41) is 5.62. The van der Waals surface area contributed by atoms with Crippen LogP contribution in [0.2, 0.25) is 0 Å². The highest BCUT2D eigenvalue weighted by atomic mass is 16.3. The monoisotopic (exact) mass is 388 g/mol. The van der Waals surface area contributed by atoms with Crippen molar-refractivity contribution in [2.45, 2.75) is 26.2 Å². The molecule has 3 aromatic rings. The zero-order chi connectivity index (χ0) is 20.9. The molecule has 0 saturated heterocycles. The largest absolute Gasteiger partial charge is 0.465 e. The topological polar surface area (TPSA) is 71.3 Å². The van der Waals surface area contributed by atoms with Crippen molar-refractivity contribution in [1.82, 2.24) is 0 Å². The van der Waals surface area contributed by atoms with Gasteiger partial charge in [0.05, 0.1) is 6.26 Å². The zero-order valence-corrected chi connectivity index (χ0v) is 16.7. The lowest BCUT2D eigenvalue weighted by atomic mass is 9.87. The van der Waals surface area contributed by atoms with Crippen LogP contribution in [0.4, 0.5) is 11.4 Å². The molecule has 0 saturated carbocycles. The van der Waals surface area contributed by atoms with E-state index in [0.29, 0.717) is 22.7 Å². The Hall–Kier alpha value is -3.60. The first-order valence-electron chi connectivity index (χ1n) is 9.36. The summed E-state index contributed by atoms with van der Waals surface area (Å²) in [5.41, 5.74) is 3.10. The number of benzene rings is 2. The number of amides is 2. The van der Waals surface area contributed by atoms with Gasteiger partial charge < -0.3 is 15.1 Å². The van der Waals surface area contributed by atoms with Crippen molar-refractivity contribution < 1.29 is 14.0 Å². The summed E-state index contributed by atoms with van der Waals surface area (Å²) in [6.07, 6.45) is 4.54. The third-order valence-corrected chi connectivity index (χ3v) is 4.37. The predicted octanol–water partition coefficient (Wildman–Crippen LogP) is 5.48. The Morgan fingerprint density at radius 3 is 2.03 bits per heavy atom. The van der Waals surface area contributed by atoms with Crippen molar-refractivity contribution in [3.05, 3.63) is 89.9 Å². The number of furan rings is 1. The normalized spacial score (nSPS) is 11.4. The molecule has 1 aromatic heterocycles. The summed E-state index contributed by atoms with van der Waals surface area (Å²) in [5.74, 6) is 0.162. The fraction of sp³-hybridized carbons (Fsp3) is 0.167. The van der Waals surface area contributed by atoms with Crippen molar-refractivity contribution in [2.75, 3.05) is 10.6 Å². The Balaban J connectivity index is 1.57. The van der Waals surface area contributed by atoms with E-state index < -0.39 is 0 Å². The molecule has 0 aliphatic heterocycles. The molecule has 2 N–H and O–H groups in total. The molecule has 5 heteroatoms. The van der Waals surface area contributed by atoms with Gasteiger partial charge in [-0.1, -0.05) is 32.9 Å². The number of nitrogens with one attached hydrogen (secondary N) is 2. The summed E-state index contributed by atoms with van der Waals surface area (Å²) in [6.45, 7) is 6.40. The maximum absolute atomic E-state index is 12.4. The molecule has 0 aliphatic rings. The maximum atomic E-state index is 12.4. The molecule has 5 nitrogen and oxygen atoms in total. The Kier molecular flexibility index (Phi) is 5.98. The molecule has 0 aliphatic carbocycles. The minimum atomic E-state index is -0.267. The first-order valence-corrected chi connectivity index (χ1v) is 9.36. The van der Waals surface area contributed by atoms with Gasteiger partial charge in [0.15, 0.2) is 0 Å². The van der Waals surface area contributed by atoms with Crippen LogP contribution in [0.1, 0.15) is 42.5 Å². The first-order chi connectivity index (χ1) is 13.8. The summed E-state index contributed by atoms with van der Waals surface area (Å²) >= 11 is 0. The van der Waals surface area contributed by atoms with Crippen LogP contribution in [0, 0.1) is 0 Å². The smallest absolute Gasteiger partial charge is 0.255 e. The third-order valence-electron chi connectivity index (χ3n) is 4.37. The second-order valence-electron chi connectivity index (χ2n) is 7.70. The van der Waals surface area contributed by atoms with Gasteiger partial charge in [-0.05, 0) is 65.6 Å². The van der Waals surface area contributed by atoms with Crippen molar-refractivity contribution in [3.8, 4) is 0 Å². The lowest BCUT2D eigenvalue weighted by molar-refractivity contribution is -0.111. The first kappa shape index (κ1) is 20.1. The molecule has 3 rings (SSSR count). The van der Waals surface area contributed by atoms with Crippen LogP contribution in [0.5, 0.6) is 0 Å². The maximum Gasteiger partial charge on any atom is 0.255 e. The number of hydrogen-bond donors (Lipinski definition) is 2. The SMILES string of the molecule is CC(C)(C)c1ccc(C(=O)Nc2ccc(NC(=O)/C=C/c3ccco3)cc2)cc1. The fourth-order valence-corrected chi connectivity index (χ4v) is 2.69. The molecule has 1 heterocycles. The minimum Gasteiger partial charge on any atom is -0.465 e. The average Bonchev–Trinajstić information content (AvgIpc) is 3.21. The van der Waals surface area contributed by atoms with Crippen LogP contribution >= 0.6 is 0 Å². The molecule has 0 atom stereocenters. The van der Waals surface area contributed by atoms with Gasteiger partial charge in [0, 0.05) is 23.0 Å². The number of anilines is 2. The number of carbonyl (C=O) groups excluding carboxylic acids is 2. The van der Waals surface area contributed by atoms with E-state index in [1.165, 1.54) is 11.6 Å². The van der Waals surface area contributed by atoms with E-state index in [0.717, 1.165) is 0 Å². The van der Waals surface area contributed by atoms with Gasteiger partial charge in [-0.15, -0.1) is 0 Å². The van der Waals surface area contributed by atoms with Crippen molar-refractivity contribution in [2.24, 2.45) is 0 Å². The van der Waals surface area contributed by atoms with Crippen LogP contribution in [-0.4, -0.2) is 11.8 Å². The molecule has 2 aromatic carbocycles. The Labute approximate surface area is 170 Å². The van der Waals surface area contributed by atoms with E-state index >= 15 is 0 Å². The molecular formula is C24H24N2O3. The number of hydrogen-bond acceptors (Lipinski definition) is 3. The van der Waals surface area contributed by atoms with Crippen molar-refractivity contribution >= 4 is 29.3 Å². The molecule has 29 heavy (non-hydrogen) atoms. The average molecular weight is 388 g/mol. The van der Waals surface area contributed by atoms with Gasteiger partial charge in [-0.3, -0.25) is 9.59 Å². The van der Waals surface area contributed by atoms with Crippen LogP contribution in [0.3, 0.4) is 0 Å². The van der Waals surface area contributed by atoms with Crippen molar-refractivity contribution in [1.29, 1.82) is 0 Å². The summed E-state index contributed by atoms with van der Waals surface area (Å²) in [7, 11) is 0. The van der Waals surface area contributed by atoms with E-state index in [1.54, 1.807) is 48.7 Å². The molecule has 2 amide bonds.